The smallest absolute Gasteiger partial charge is 0.326 e. The lowest BCUT2D eigenvalue weighted by Gasteiger charge is -2.30. The second-order valence-electron chi connectivity index (χ2n) is 5.86. The van der Waals surface area contributed by atoms with E-state index in [1.807, 2.05) is 0 Å². The minimum atomic E-state index is -1.03. The first kappa shape index (κ1) is 15.3. The molecule has 0 saturated heterocycles. The molecule has 1 fully saturated rings. The van der Waals surface area contributed by atoms with E-state index in [2.05, 4.69) is 23.7 Å². The van der Waals surface area contributed by atoms with Crippen LogP contribution in [0.2, 0.25) is 0 Å². The number of thiazole rings is 1. The van der Waals surface area contributed by atoms with E-state index in [1.54, 1.807) is 5.38 Å². The fraction of sp³-hybridized carbons (Fsp3) is 0.714. The summed E-state index contributed by atoms with van der Waals surface area (Å²) < 4.78 is 0. The van der Waals surface area contributed by atoms with Gasteiger partial charge in [-0.3, -0.25) is 4.79 Å². The van der Waals surface area contributed by atoms with E-state index in [0.717, 1.165) is 11.7 Å². The maximum atomic E-state index is 10.9. The number of hydrogen-bond donors (Lipinski definition) is 2. The van der Waals surface area contributed by atoms with E-state index >= 15 is 0 Å². The summed E-state index contributed by atoms with van der Waals surface area (Å²) in [6.07, 6.45) is 4.94. The highest BCUT2D eigenvalue weighted by Gasteiger charge is 2.27. The van der Waals surface area contributed by atoms with Crippen molar-refractivity contribution in [1.82, 2.24) is 4.98 Å². The van der Waals surface area contributed by atoms with E-state index in [9.17, 15) is 4.79 Å². The summed E-state index contributed by atoms with van der Waals surface area (Å²) in [5.41, 5.74) is 6.09. The van der Waals surface area contributed by atoms with Gasteiger partial charge in [0.1, 0.15) is 6.04 Å². The molecule has 1 unspecified atom stereocenters. The maximum absolute atomic E-state index is 10.9. The van der Waals surface area contributed by atoms with Crippen LogP contribution in [0.5, 0.6) is 0 Å². The van der Waals surface area contributed by atoms with Crippen LogP contribution < -0.4 is 10.6 Å². The number of carboxylic acids is 1. The van der Waals surface area contributed by atoms with Gasteiger partial charge >= 0.3 is 5.97 Å². The monoisotopic (exact) mass is 297 g/mol. The van der Waals surface area contributed by atoms with Crippen LogP contribution in [-0.2, 0) is 4.79 Å². The average molecular weight is 297 g/mol. The molecule has 0 radical (unpaired) electrons. The molecule has 6 heteroatoms. The van der Waals surface area contributed by atoms with Gasteiger partial charge < -0.3 is 15.7 Å². The average Bonchev–Trinajstić information content (AvgIpc) is 3.06. The van der Waals surface area contributed by atoms with Crippen LogP contribution in [0.15, 0.2) is 5.38 Å². The molecule has 0 aromatic carbocycles. The number of anilines is 1. The normalized spacial score (nSPS) is 17.6. The summed E-state index contributed by atoms with van der Waals surface area (Å²) in [5, 5.41) is 11.7. The first-order valence-corrected chi connectivity index (χ1v) is 8.07. The van der Waals surface area contributed by atoms with E-state index in [4.69, 9.17) is 10.8 Å². The Hall–Kier alpha value is -1.14. The van der Waals surface area contributed by atoms with Crippen LogP contribution in [0.1, 0.15) is 51.3 Å². The van der Waals surface area contributed by atoms with Gasteiger partial charge in [-0.25, -0.2) is 4.98 Å². The lowest BCUT2D eigenvalue weighted by molar-refractivity contribution is -0.138. The van der Waals surface area contributed by atoms with Gasteiger partial charge in [-0.15, -0.1) is 11.3 Å². The Kier molecular flexibility index (Phi) is 4.99. The second kappa shape index (κ2) is 6.54. The molecular weight excluding hydrogens is 274 g/mol. The van der Waals surface area contributed by atoms with Crippen molar-refractivity contribution in [2.24, 2.45) is 11.7 Å². The molecule has 1 aliphatic carbocycles. The Morgan fingerprint density at radius 3 is 2.75 bits per heavy atom. The summed E-state index contributed by atoms with van der Waals surface area (Å²) in [6.45, 7) is 5.35. The van der Waals surface area contributed by atoms with Crippen LogP contribution in [0.3, 0.4) is 0 Å². The zero-order chi connectivity index (χ0) is 14.7. The van der Waals surface area contributed by atoms with Crippen molar-refractivity contribution in [1.29, 1.82) is 0 Å². The fourth-order valence-corrected chi connectivity index (χ4v) is 3.61. The molecule has 2 rings (SSSR count). The predicted octanol–water partition coefficient (Wildman–Crippen LogP) is 2.63. The van der Waals surface area contributed by atoms with Crippen molar-refractivity contribution in [3.05, 3.63) is 11.1 Å². The highest BCUT2D eigenvalue weighted by molar-refractivity contribution is 7.13. The zero-order valence-electron chi connectivity index (χ0n) is 12.1. The third-order valence-corrected chi connectivity index (χ3v) is 4.56. The van der Waals surface area contributed by atoms with E-state index in [0.29, 0.717) is 17.7 Å². The van der Waals surface area contributed by atoms with Crippen molar-refractivity contribution in [2.75, 3.05) is 11.4 Å². The van der Waals surface area contributed by atoms with Crippen LogP contribution in [0.25, 0.3) is 0 Å². The Labute approximate surface area is 123 Å². The van der Waals surface area contributed by atoms with Gasteiger partial charge in [0.05, 0.1) is 5.69 Å². The molecule has 1 aliphatic rings. The number of hydrogen-bond acceptors (Lipinski definition) is 5. The van der Waals surface area contributed by atoms with Crippen molar-refractivity contribution in [3.63, 3.8) is 0 Å². The number of nitrogens with zero attached hydrogens (tertiary/aromatic N) is 2. The largest absolute Gasteiger partial charge is 0.480 e. The first-order chi connectivity index (χ1) is 9.49. The molecule has 5 nitrogen and oxygen atoms in total. The quantitative estimate of drug-likeness (QED) is 0.844. The summed E-state index contributed by atoms with van der Waals surface area (Å²) in [5.74, 6) is -0.478. The number of rotatable bonds is 6. The van der Waals surface area contributed by atoms with Crippen LogP contribution in [0, 0.1) is 5.92 Å². The molecule has 3 N–H and O–H groups in total. The molecule has 112 valence electrons. The SMILES string of the molecule is CC(C)CN(c1nc(C(N)C(=O)O)cs1)C1CCCC1. The number of carbonyl (C=O) groups is 1. The minimum absolute atomic E-state index is 0.462. The van der Waals surface area contributed by atoms with Gasteiger partial charge in [0.2, 0.25) is 0 Å². The topological polar surface area (TPSA) is 79.5 Å². The summed E-state index contributed by atoms with van der Waals surface area (Å²) >= 11 is 1.50. The Bertz CT molecular complexity index is 455. The molecule has 0 spiro atoms. The van der Waals surface area contributed by atoms with Gasteiger partial charge in [0.25, 0.3) is 0 Å². The molecule has 0 aliphatic heterocycles. The van der Waals surface area contributed by atoms with Crippen molar-refractivity contribution >= 4 is 22.4 Å². The summed E-state index contributed by atoms with van der Waals surface area (Å²) in [4.78, 5) is 17.8. The van der Waals surface area contributed by atoms with Gasteiger partial charge in [-0.1, -0.05) is 26.7 Å². The molecule has 0 amide bonds. The van der Waals surface area contributed by atoms with Gasteiger partial charge in [0, 0.05) is 18.0 Å². The summed E-state index contributed by atoms with van der Waals surface area (Å²) in [7, 11) is 0. The molecule has 1 heterocycles. The van der Waals surface area contributed by atoms with E-state index < -0.39 is 12.0 Å². The van der Waals surface area contributed by atoms with Crippen LogP contribution in [0.4, 0.5) is 5.13 Å². The van der Waals surface area contributed by atoms with Crippen molar-refractivity contribution < 1.29 is 9.90 Å². The lowest BCUT2D eigenvalue weighted by Crippen LogP contribution is -2.36. The maximum Gasteiger partial charge on any atom is 0.326 e. The van der Waals surface area contributed by atoms with E-state index in [1.165, 1.54) is 37.0 Å². The number of aromatic nitrogens is 1. The molecule has 0 bridgehead atoms. The third-order valence-electron chi connectivity index (χ3n) is 3.67. The van der Waals surface area contributed by atoms with Gasteiger partial charge in [-0.2, -0.15) is 0 Å². The van der Waals surface area contributed by atoms with Crippen LogP contribution in [-0.4, -0.2) is 28.6 Å². The Morgan fingerprint density at radius 2 is 2.20 bits per heavy atom. The molecule has 20 heavy (non-hydrogen) atoms. The van der Waals surface area contributed by atoms with E-state index in [-0.39, 0.29) is 0 Å². The molecule has 1 aromatic rings. The summed E-state index contributed by atoms with van der Waals surface area (Å²) in [6, 6.07) is -0.484. The molecule has 1 saturated carbocycles. The Balaban J connectivity index is 2.18. The highest BCUT2D eigenvalue weighted by atomic mass is 32.1. The Morgan fingerprint density at radius 1 is 1.55 bits per heavy atom. The number of nitrogens with two attached hydrogens (primary N) is 1. The predicted molar refractivity (Wildman–Crippen MR) is 81.1 cm³/mol. The minimum Gasteiger partial charge on any atom is -0.480 e. The fourth-order valence-electron chi connectivity index (χ4n) is 2.67. The van der Waals surface area contributed by atoms with Crippen molar-refractivity contribution in [2.45, 2.75) is 51.6 Å². The third kappa shape index (κ3) is 3.49. The lowest BCUT2D eigenvalue weighted by atomic mass is 10.1. The standard InChI is InChI=1S/C14H23N3O2S/c1-9(2)7-17(10-5-3-4-6-10)14-16-11(8-20-14)12(15)13(18)19/h8-10,12H,3-7,15H2,1-2H3,(H,18,19). The number of carboxylic acid groups (broad SMARTS) is 1. The molecule has 1 aromatic heterocycles. The highest BCUT2D eigenvalue weighted by Crippen LogP contribution is 2.32. The number of aliphatic carboxylic acids is 1. The zero-order valence-corrected chi connectivity index (χ0v) is 12.9. The van der Waals surface area contributed by atoms with Gasteiger partial charge in [-0.05, 0) is 18.8 Å². The van der Waals surface area contributed by atoms with Gasteiger partial charge in [0.15, 0.2) is 5.13 Å². The first-order valence-electron chi connectivity index (χ1n) is 7.19. The van der Waals surface area contributed by atoms with Crippen molar-refractivity contribution in [3.8, 4) is 0 Å². The molecule has 1 atom stereocenters. The second-order valence-corrected chi connectivity index (χ2v) is 6.69. The molecular formula is C14H23N3O2S. The van der Waals surface area contributed by atoms with Crippen LogP contribution >= 0.6 is 11.3 Å².